The zero-order valence-electron chi connectivity index (χ0n) is 11.6. The molecule has 3 heteroatoms. The number of benzene rings is 1. The van der Waals surface area contributed by atoms with Crippen LogP contribution in [0.15, 0.2) is 12.1 Å². The second-order valence-corrected chi connectivity index (χ2v) is 5.88. The lowest BCUT2D eigenvalue weighted by atomic mass is 9.96. The van der Waals surface area contributed by atoms with Crippen molar-refractivity contribution in [3.05, 3.63) is 28.8 Å². The van der Waals surface area contributed by atoms with Crippen LogP contribution in [-0.4, -0.2) is 18.1 Å². The summed E-state index contributed by atoms with van der Waals surface area (Å²) >= 11 is 0. The van der Waals surface area contributed by atoms with Gasteiger partial charge < -0.3 is 10.1 Å². The molecule has 1 aliphatic heterocycles. The summed E-state index contributed by atoms with van der Waals surface area (Å²) in [5.41, 5.74) is 3.50. The number of anilines is 1. The molecular formula is C15H21NO2. The lowest BCUT2D eigenvalue weighted by molar-refractivity contribution is 0.00704. The topological polar surface area (TPSA) is 38.3 Å². The van der Waals surface area contributed by atoms with E-state index in [-0.39, 0.29) is 5.97 Å². The van der Waals surface area contributed by atoms with Crippen molar-refractivity contribution in [1.29, 1.82) is 0 Å². The average molecular weight is 247 g/mol. The molecule has 0 saturated heterocycles. The van der Waals surface area contributed by atoms with Crippen LogP contribution < -0.4 is 5.32 Å². The van der Waals surface area contributed by atoms with E-state index >= 15 is 0 Å². The molecule has 0 aromatic heterocycles. The Hall–Kier alpha value is -1.51. The minimum absolute atomic E-state index is 0.239. The normalized spacial score (nSPS) is 14.7. The van der Waals surface area contributed by atoms with E-state index in [4.69, 9.17) is 4.74 Å². The molecule has 0 fully saturated rings. The number of nitrogens with one attached hydrogen (secondary N) is 1. The highest BCUT2D eigenvalue weighted by Gasteiger charge is 2.23. The molecule has 0 spiro atoms. The van der Waals surface area contributed by atoms with Crippen molar-refractivity contribution in [3.63, 3.8) is 0 Å². The summed E-state index contributed by atoms with van der Waals surface area (Å²) in [7, 11) is 0. The number of aryl methyl sites for hydroxylation is 2. The third kappa shape index (κ3) is 2.84. The molecule has 2 rings (SSSR count). The molecule has 3 nitrogen and oxygen atoms in total. The SMILES string of the molecule is Cc1cc2c(c(C(=O)OC(C)(C)C)c1)NCCC2. The maximum Gasteiger partial charge on any atom is 0.340 e. The molecule has 98 valence electrons. The van der Waals surface area contributed by atoms with E-state index < -0.39 is 5.60 Å². The molecule has 1 aromatic rings. The standard InChI is InChI=1S/C15H21NO2/c1-10-8-11-6-5-7-16-13(11)12(9-10)14(17)18-15(2,3)4/h8-9,16H,5-7H2,1-4H3. The van der Waals surface area contributed by atoms with Gasteiger partial charge in [0.1, 0.15) is 5.60 Å². The molecule has 0 atom stereocenters. The smallest absolute Gasteiger partial charge is 0.340 e. The molecule has 1 N–H and O–H groups in total. The number of hydrogen-bond donors (Lipinski definition) is 1. The van der Waals surface area contributed by atoms with E-state index in [0.717, 1.165) is 30.6 Å². The first kappa shape index (κ1) is 12.9. The lowest BCUT2D eigenvalue weighted by Gasteiger charge is -2.24. The molecular weight excluding hydrogens is 226 g/mol. The summed E-state index contributed by atoms with van der Waals surface area (Å²) in [5, 5.41) is 3.32. The number of carbonyl (C=O) groups is 1. The van der Waals surface area contributed by atoms with Crippen molar-refractivity contribution in [2.75, 3.05) is 11.9 Å². The Morgan fingerprint density at radius 1 is 1.33 bits per heavy atom. The molecule has 0 saturated carbocycles. The molecule has 0 unspecified atom stereocenters. The molecule has 0 radical (unpaired) electrons. The van der Waals surface area contributed by atoms with E-state index in [0.29, 0.717) is 5.56 Å². The lowest BCUT2D eigenvalue weighted by Crippen LogP contribution is -2.25. The van der Waals surface area contributed by atoms with Crippen molar-refractivity contribution in [1.82, 2.24) is 0 Å². The van der Waals surface area contributed by atoms with Gasteiger partial charge in [-0.3, -0.25) is 0 Å². The van der Waals surface area contributed by atoms with Gasteiger partial charge in [0.2, 0.25) is 0 Å². The quantitative estimate of drug-likeness (QED) is 0.774. The van der Waals surface area contributed by atoms with Crippen molar-refractivity contribution in [2.45, 2.75) is 46.1 Å². The number of ether oxygens (including phenoxy) is 1. The summed E-state index contributed by atoms with van der Waals surface area (Å²) in [4.78, 5) is 12.2. The van der Waals surface area contributed by atoms with Gasteiger partial charge >= 0.3 is 5.97 Å². The molecule has 0 aliphatic carbocycles. The van der Waals surface area contributed by atoms with Crippen LogP contribution in [0.3, 0.4) is 0 Å². The average Bonchev–Trinajstić information content (AvgIpc) is 2.25. The van der Waals surface area contributed by atoms with Crippen LogP contribution in [0.4, 0.5) is 5.69 Å². The summed E-state index contributed by atoms with van der Waals surface area (Å²) < 4.78 is 5.47. The zero-order valence-corrected chi connectivity index (χ0v) is 11.6. The Morgan fingerprint density at radius 2 is 2.06 bits per heavy atom. The Balaban J connectivity index is 2.38. The van der Waals surface area contributed by atoms with E-state index in [1.807, 2.05) is 33.8 Å². The van der Waals surface area contributed by atoms with Gasteiger partial charge in [-0.05, 0) is 57.7 Å². The minimum atomic E-state index is -0.456. The number of rotatable bonds is 1. The number of esters is 1. The summed E-state index contributed by atoms with van der Waals surface area (Å²) in [5.74, 6) is -0.239. The van der Waals surface area contributed by atoms with Gasteiger partial charge in [0.15, 0.2) is 0 Å². The van der Waals surface area contributed by atoms with Gasteiger partial charge in [0.25, 0.3) is 0 Å². The van der Waals surface area contributed by atoms with E-state index in [1.54, 1.807) is 0 Å². The summed E-state index contributed by atoms with van der Waals surface area (Å²) in [6.07, 6.45) is 2.14. The van der Waals surface area contributed by atoms with E-state index in [2.05, 4.69) is 11.4 Å². The number of carbonyl (C=O) groups excluding carboxylic acids is 1. The van der Waals surface area contributed by atoms with Crippen LogP contribution >= 0.6 is 0 Å². The zero-order chi connectivity index (χ0) is 13.3. The Morgan fingerprint density at radius 3 is 2.72 bits per heavy atom. The van der Waals surface area contributed by atoms with Crippen LogP contribution in [0, 0.1) is 6.92 Å². The first-order chi connectivity index (χ1) is 8.37. The molecule has 18 heavy (non-hydrogen) atoms. The van der Waals surface area contributed by atoms with Crippen molar-refractivity contribution in [3.8, 4) is 0 Å². The van der Waals surface area contributed by atoms with Gasteiger partial charge in [0.05, 0.1) is 11.3 Å². The van der Waals surface area contributed by atoms with Crippen LogP contribution in [0.5, 0.6) is 0 Å². The van der Waals surface area contributed by atoms with Crippen LogP contribution in [0.2, 0.25) is 0 Å². The third-order valence-electron chi connectivity index (χ3n) is 2.91. The molecule has 1 aromatic carbocycles. The van der Waals surface area contributed by atoms with Crippen molar-refractivity contribution in [2.24, 2.45) is 0 Å². The Labute approximate surface area is 109 Å². The highest BCUT2D eigenvalue weighted by Crippen LogP contribution is 2.29. The second kappa shape index (κ2) is 4.63. The molecule has 0 bridgehead atoms. The molecule has 1 aliphatic rings. The van der Waals surface area contributed by atoms with Crippen LogP contribution in [0.25, 0.3) is 0 Å². The number of hydrogen-bond acceptors (Lipinski definition) is 3. The van der Waals surface area contributed by atoms with Gasteiger partial charge in [-0.15, -0.1) is 0 Å². The predicted molar refractivity (Wildman–Crippen MR) is 73.2 cm³/mol. The fourth-order valence-electron chi connectivity index (χ4n) is 2.25. The fraction of sp³-hybridized carbons (Fsp3) is 0.533. The highest BCUT2D eigenvalue weighted by molar-refractivity contribution is 5.97. The maximum absolute atomic E-state index is 12.2. The third-order valence-corrected chi connectivity index (χ3v) is 2.91. The Kier molecular flexibility index (Phi) is 3.33. The van der Waals surface area contributed by atoms with Crippen LogP contribution in [-0.2, 0) is 11.2 Å². The van der Waals surface area contributed by atoms with Crippen molar-refractivity contribution >= 4 is 11.7 Å². The molecule has 0 amide bonds. The summed E-state index contributed by atoms with van der Waals surface area (Å²) in [6, 6.07) is 4.06. The predicted octanol–water partition coefficient (Wildman–Crippen LogP) is 3.31. The minimum Gasteiger partial charge on any atom is -0.456 e. The largest absolute Gasteiger partial charge is 0.456 e. The highest BCUT2D eigenvalue weighted by atomic mass is 16.6. The fourth-order valence-corrected chi connectivity index (χ4v) is 2.25. The number of fused-ring (bicyclic) bond motifs is 1. The second-order valence-electron chi connectivity index (χ2n) is 5.88. The van der Waals surface area contributed by atoms with E-state index in [1.165, 1.54) is 5.56 Å². The monoisotopic (exact) mass is 247 g/mol. The van der Waals surface area contributed by atoms with Gasteiger partial charge in [-0.1, -0.05) is 6.07 Å². The maximum atomic E-state index is 12.2. The molecule has 1 heterocycles. The first-order valence-electron chi connectivity index (χ1n) is 6.47. The first-order valence-corrected chi connectivity index (χ1v) is 6.47. The Bertz CT molecular complexity index is 472. The van der Waals surface area contributed by atoms with Crippen LogP contribution in [0.1, 0.15) is 48.7 Å². The van der Waals surface area contributed by atoms with Gasteiger partial charge in [-0.25, -0.2) is 4.79 Å². The van der Waals surface area contributed by atoms with E-state index in [9.17, 15) is 4.79 Å². The van der Waals surface area contributed by atoms with Gasteiger partial charge in [-0.2, -0.15) is 0 Å². The summed E-state index contributed by atoms with van der Waals surface area (Å²) in [6.45, 7) is 8.61. The van der Waals surface area contributed by atoms with Gasteiger partial charge in [0, 0.05) is 6.54 Å². The van der Waals surface area contributed by atoms with Crippen molar-refractivity contribution < 1.29 is 9.53 Å².